The first kappa shape index (κ1) is 25.8. The molecule has 0 aliphatic carbocycles. The zero-order valence-electron chi connectivity index (χ0n) is 20.8. The minimum Gasteiger partial charge on any atom is -0.463 e. The third kappa shape index (κ3) is 6.30. The summed E-state index contributed by atoms with van der Waals surface area (Å²) in [5, 5.41) is 2.63. The van der Waals surface area contributed by atoms with Gasteiger partial charge in [-0.25, -0.2) is 9.78 Å². The van der Waals surface area contributed by atoms with Crippen LogP contribution in [0.25, 0.3) is 0 Å². The van der Waals surface area contributed by atoms with Gasteiger partial charge in [-0.2, -0.15) is 0 Å². The van der Waals surface area contributed by atoms with E-state index in [2.05, 4.69) is 27.2 Å². The van der Waals surface area contributed by atoms with Crippen molar-refractivity contribution in [3.63, 3.8) is 0 Å². The van der Waals surface area contributed by atoms with E-state index < -0.39 is 35.8 Å². The van der Waals surface area contributed by atoms with Gasteiger partial charge in [0.2, 0.25) is 5.91 Å². The highest BCUT2D eigenvalue weighted by molar-refractivity contribution is 5.87. The summed E-state index contributed by atoms with van der Waals surface area (Å²) in [7, 11) is 2.14. The molecule has 1 aromatic heterocycles. The van der Waals surface area contributed by atoms with Gasteiger partial charge in [-0.1, -0.05) is 30.3 Å². The van der Waals surface area contributed by atoms with Gasteiger partial charge in [0, 0.05) is 30.4 Å². The van der Waals surface area contributed by atoms with Crippen molar-refractivity contribution in [2.45, 2.75) is 75.2 Å². The molecular formula is C26H35N5O5. The number of hydrogen-bond acceptors (Lipinski definition) is 8. The molecule has 36 heavy (non-hydrogen) atoms. The van der Waals surface area contributed by atoms with Crippen molar-refractivity contribution in [3.05, 3.63) is 54.1 Å². The highest BCUT2D eigenvalue weighted by atomic mass is 16.6. The average Bonchev–Trinajstić information content (AvgIpc) is 3.43. The Kier molecular flexibility index (Phi) is 8.37. The van der Waals surface area contributed by atoms with Crippen LogP contribution < -0.4 is 11.1 Å². The second-order valence-corrected chi connectivity index (χ2v) is 9.80. The molecule has 3 heterocycles. The van der Waals surface area contributed by atoms with Gasteiger partial charge in [-0.15, -0.1) is 0 Å². The molecule has 2 aromatic rings. The van der Waals surface area contributed by atoms with Gasteiger partial charge in [0.15, 0.2) is 0 Å². The molecule has 2 saturated heterocycles. The molecule has 2 bridgehead atoms. The van der Waals surface area contributed by atoms with Gasteiger partial charge in [0.1, 0.15) is 24.7 Å². The fourth-order valence-corrected chi connectivity index (χ4v) is 5.07. The number of nitrogens with two attached hydrogens (primary N) is 1. The number of nitrogens with one attached hydrogen (secondary N) is 2. The number of aromatic amines is 1. The van der Waals surface area contributed by atoms with Crippen LogP contribution in [0, 0.1) is 0 Å². The lowest BCUT2D eigenvalue weighted by molar-refractivity contribution is -0.159. The van der Waals surface area contributed by atoms with Crippen molar-refractivity contribution in [1.29, 1.82) is 0 Å². The Morgan fingerprint density at radius 1 is 1.17 bits per heavy atom. The zero-order valence-corrected chi connectivity index (χ0v) is 20.8. The second-order valence-electron chi connectivity index (χ2n) is 9.80. The maximum absolute atomic E-state index is 13.3. The number of nitrogens with zero attached hydrogens (tertiary/aromatic N) is 2. The number of ether oxygens (including phenoxy) is 2. The largest absolute Gasteiger partial charge is 0.463 e. The van der Waals surface area contributed by atoms with Crippen LogP contribution in [0.3, 0.4) is 0 Å². The first-order chi connectivity index (χ1) is 17.3. The minimum atomic E-state index is -0.985. The molecule has 0 spiro atoms. The number of aromatic nitrogens is 2. The molecular weight excluding hydrogens is 462 g/mol. The number of amides is 1. The summed E-state index contributed by atoms with van der Waals surface area (Å²) in [5.41, 5.74) is 7.02. The normalized spacial score (nSPS) is 23.9. The van der Waals surface area contributed by atoms with Crippen LogP contribution in [-0.4, -0.2) is 76.6 Å². The SMILES string of the molecule is CC(N)C(=O)NC(Cc1cnc[nH]1)C(=O)OCC(C(=O)O[C@@H]1CC2CC[C@H](C1)N2C)c1ccccc1. The number of piperidine rings is 1. The van der Waals surface area contributed by atoms with E-state index in [0.29, 0.717) is 23.3 Å². The van der Waals surface area contributed by atoms with Crippen LogP contribution in [0.2, 0.25) is 0 Å². The van der Waals surface area contributed by atoms with E-state index in [1.807, 2.05) is 30.3 Å². The van der Waals surface area contributed by atoms with Crippen LogP contribution in [0.4, 0.5) is 0 Å². The van der Waals surface area contributed by atoms with Gasteiger partial charge < -0.3 is 30.4 Å². The fraction of sp³-hybridized carbons (Fsp3) is 0.538. The zero-order chi connectivity index (χ0) is 25.7. The van der Waals surface area contributed by atoms with Crippen LogP contribution in [0.1, 0.15) is 49.8 Å². The van der Waals surface area contributed by atoms with E-state index in [1.165, 1.54) is 13.3 Å². The van der Waals surface area contributed by atoms with E-state index in [-0.39, 0.29) is 19.1 Å². The lowest BCUT2D eigenvalue weighted by Gasteiger charge is -2.36. The monoisotopic (exact) mass is 497 g/mol. The van der Waals surface area contributed by atoms with Crippen molar-refractivity contribution < 1.29 is 23.9 Å². The van der Waals surface area contributed by atoms with E-state index in [0.717, 1.165) is 25.7 Å². The second kappa shape index (κ2) is 11.7. The van der Waals surface area contributed by atoms with Gasteiger partial charge in [-0.3, -0.25) is 9.59 Å². The number of fused-ring (bicyclic) bond motifs is 2. The Hall–Kier alpha value is -3.24. The van der Waals surface area contributed by atoms with Crippen molar-refractivity contribution in [1.82, 2.24) is 20.2 Å². The number of rotatable bonds is 10. The summed E-state index contributed by atoms with van der Waals surface area (Å²) in [6, 6.07) is 8.25. The molecule has 2 fully saturated rings. The maximum Gasteiger partial charge on any atom is 0.329 e. The molecule has 2 aliphatic rings. The molecule has 10 nitrogen and oxygen atoms in total. The Labute approximate surface area is 210 Å². The third-order valence-electron chi connectivity index (χ3n) is 7.21. The van der Waals surface area contributed by atoms with Crippen molar-refractivity contribution >= 4 is 17.8 Å². The lowest BCUT2D eigenvalue weighted by Crippen LogP contribution is -2.49. The highest BCUT2D eigenvalue weighted by Crippen LogP contribution is 2.36. The Morgan fingerprint density at radius 3 is 2.47 bits per heavy atom. The first-order valence-electron chi connectivity index (χ1n) is 12.5. The van der Waals surface area contributed by atoms with Crippen molar-refractivity contribution in [2.75, 3.05) is 13.7 Å². The molecule has 4 unspecified atom stereocenters. The quantitative estimate of drug-likeness (QED) is 0.417. The standard InChI is InChI=1S/C26H35N5O5/c1-16(27)24(32)30-23(10-18-13-28-15-29-18)26(34)35-14-22(17-6-4-3-5-7-17)25(33)36-21-11-19-8-9-20(12-21)31(19)2/h3-7,13,15-16,19-23H,8-12,14,27H2,1-2H3,(H,28,29)(H,30,32)/t16?,19-,20?,21+,22?,23?/m1/s1. The van der Waals surface area contributed by atoms with Crippen LogP contribution >= 0.6 is 0 Å². The number of H-pyrrole nitrogens is 1. The predicted octanol–water partition coefficient (Wildman–Crippen LogP) is 1.28. The van der Waals surface area contributed by atoms with E-state index in [9.17, 15) is 14.4 Å². The van der Waals surface area contributed by atoms with Gasteiger partial charge in [-0.05, 0) is 45.2 Å². The molecule has 4 rings (SSSR count). The first-order valence-corrected chi connectivity index (χ1v) is 12.5. The Balaban J connectivity index is 1.43. The minimum absolute atomic E-state index is 0.147. The molecule has 0 saturated carbocycles. The van der Waals surface area contributed by atoms with Crippen LogP contribution in [-0.2, 0) is 30.3 Å². The molecule has 1 aromatic carbocycles. The Bertz CT molecular complexity index is 1010. The number of benzene rings is 1. The van der Waals surface area contributed by atoms with Crippen molar-refractivity contribution in [3.8, 4) is 0 Å². The summed E-state index contributed by atoms with van der Waals surface area (Å²) in [6.45, 7) is 1.33. The van der Waals surface area contributed by atoms with E-state index in [4.69, 9.17) is 15.2 Å². The Morgan fingerprint density at radius 2 is 1.86 bits per heavy atom. The third-order valence-corrected chi connectivity index (χ3v) is 7.21. The van der Waals surface area contributed by atoms with Crippen LogP contribution in [0.15, 0.2) is 42.9 Å². The molecule has 194 valence electrons. The van der Waals surface area contributed by atoms with Crippen LogP contribution in [0.5, 0.6) is 0 Å². The van der Waals surface area contributed by atoms with Gasteiger partial charge in [0.25, 0.3) is 0 Å². The van der Waals surface area contributed by atoms with Crippen molar-refractivity contribution in [2.24, 2.45) is 5.73 Å². The van der Waals surface area contributed by atoms with E-state index in [1.54, 1.807) is 6.20 Å². The molecule has 4 N–H and O–H groups in total. The number of carbonyl (C=O) groups excluding carboxylic acids is 3. The summed E-state index contributed by atoms with van der Waals surface area (Å²) in [5.74, 6) is -2.32. The molecule has 6 atom stereocenters. The smallest absolute Gasteiger partial charge is 0.329 e. The predicted molar refractivity (Wildman–Crippen MR) is 132 cm³/mol. The molecule has 10 heteroatoms. The number of imidazole rings is 1. The number of esters is 2. The summed E-state index contributed by atoms with van der Waals surface area (Å²) >= 11 is 0. The topological polar surface area (TPSA) is 140 Å². The highest BCUT2D eigenvalue weighted by Gasteiger charge is 2.40. The fourth-order valence-electron chi connectivity index (χ4n) is 5.07. The maximum atomic E-state index is 13.3. The summed E-state index contributed by atoms with van der Waals surface area (Å²) in [4.78, 5) is 47.8. The summed E-state index contributed by atoms with van der Waals surface area (Å²) in [6.07, 6.45) is 6.94. The molecule has 1 amide bonds. The van der Waals surface area contributed by atoms with Gasteiger partial charge >= 0.3 is 11.9 Å². The molecule has 2 aliphatic heterocycles. The van der Waals surface area contributed by atoms with E-state index >= 15 is 0 Å². The summed E-state index contributed by atoms with van der Waals surface area (Å²) < 4.78 is 11.5. The lowest BCUT2D eigenvalue weighted by atomic mass is 9.98. The number of hydrogen-bond donors (Lipinski definition) is 3. The van der Waals surface area contributed by atoms with Gasteiger partial charge in [0.05, 0.1) is 12.4 Å². The average molecular weight is 498 g/mol. The number of carbonyl (C=O) groups is 3. The molecule has 0 radical (unpaired) electrons.